The lowest BCUT2D eigenvalue weighted by molar-refractivity contribution is -0.192. The zero-order chi connectivity index (χ0) is 28.4. The Morgan fingerprint density at radius 1 is 1.00 bits per heavy atom. The van der Waals surface area contributed by atoms with Crippen LogP contribution in [-0.2, 0) is 4.79 Å². The smallest absolute Gasteiger partial charge is 0.490 e. The first-order valence-corrected chi connectivity index (χ1v) is 11.7. The van der Waals surface area contributed by atoms with Crippen LogP contribution in [0.2, 0.25) is 0 Å². The summed E-state index contributed by atoms with van der Waals surface area (Å²) >= 11 is 0. The number of nitrogens with one attached hydrogen (secondary N) is 2. The van der Waals surface area contributed by atoms with Gasteiger partial charge in [0.2, 0.25) is 0 Å². The van der Waals surface area contributed by atoms with Crippen molar-refractivity contribution in [1.82, 2.24) is 14.9 Å². The van der Waals surface area contributed by atoms with Gasteiger partial charge in [0.1, 0.15) is 5.75 Å². The number of carboxylic acid groups (broad SMARTS) is 1. The van der Waals surface area contributed by atoms with Crippen LogP contribution in [0.4, 0.5) is 23.7 Å². The summed E-state index contributed by atoms with van der Waals surface area (Å²) < 4.78 is 39.2. The monoisotopic (exact) mass is 540 g/mol. The third-order valence-electron chi connectivity index (χ3n) is 5.54. The summed E-state index contributed by atoms with van der Waals surface area (Å²) in [6.07, 6.45) is -1.43. The molecule has 4 rings (SSSR count). The van der Waals surface area contributed by atoms with Gasteiger partial charge in [-0.1, -0.05) is 60.7 Å². The number of nitrogens with zero attached hydrogens (tertiary/aromatic N) is 2. The van der Waals surface area contributed by atoms with E-state index >= 15 is 0 Å². The quantitative estimate of drug-likeness (QED) is 0.276. The van der Waals surface area contributed by atoms with Crippen molar-refractivity contribution in [2.45, 2.75) is 19.0 Å². The number of hydrogen-bond donors (Lipinski definition) is 3. The summed E-state index contributed by atoms with van der Waals surface area (Å²) in [4.78, 5) is 25.8. The van der Waals surface area contributed by atoms with Crippen molar-refractivity contribution in [2.24, 2.45) is 0 Å². The lowest BCUT2D eigenvalue weighted by Gasteiger charge is -2.19. The number of aromatic nitrogens is 2. The van der Waals surface area contributed by atoms with Crippen LogP contribution < -0.4 is 15.4 Å². The molecule has 0 radical (unpaired) electrons. The van der Waals surface area contributed by atoms with Crippen LogP contribution in [-0.4, -0.2) is 46.5 Å². The number of carbonyl (C=O) groups excluding carboxylic acids is 1. The first-order valence-electron chi connectivity index (χ1n) is 11.7. The number of aliphatic carboxylic acids is 1. The van der Waals surface area contributed by atoms with Crippen molar-refractivity contribution in [3.05, 3.63) is 108 Å². The van der Waals surface area contributed by atoms with Gasteiger partial charge in [-0.25, -0.2) is 14.6 Å². The molecule has 4 aromatic rings. The van der Waals surface area contributed by atoms with Crippen LogP contribution in [0.25, 0.3) is 5.69 Å². The summed E-state index contributed by atoms with van der Waals surface area (Å²) in [6, 6.07) is 25.6. The minimum atomic E-state index is -5.08. The van der Waals surface area contributed by atoms with E-state index in [0.29, 0.717) is 18.0 Å². The third-order valence-corrected chi connectivity index (χ3v) is 5.54. The topological polar surface area (TPSA) is 105 Å². The number of aryl methyl sites for hydroxylation is 1. The molecule has 0 atom stereocenters. The van der Waals surface area contributed by atoms with Crippen molar-refractivity contribution in [1.29, 1.82) is 0 Å². The SMILES string of the molecule is COc1cc(NC(=O)NCC(c2ccccc2)c2ccccc2)ccc1-n1cnc(C)c1.O=C(O)C(F)(F)F. The van der Waals surface area contributed by atoms with Crippen molar-refractivity contribution in [3.63, 3.8) is 0 Å². The van der Waals surface area contributed by atoms with Crippen molar-refractivity contribution in [2.75, 3.05) is 19.0 Å². The van der Waals surface area contributed by atoms with E-state index in [1.54, 1.807) is 19.5 Å². The predicted octanol–water partition coefficient (Wildman–Crippen LogP) is 5.78. The summed E-state index contributed by atoms with van der Waals surface area (Å²) in [6.45, 7) is 2.41. The van der Waals surface area contributed by atoms with Gasteiger partial charge in [0, 0.05) is 30.4 Å². The number of hydrogen-bond acceptors (Lipinski definition) is 4. The predicted molar refractivity (Wildman–Crippen MR) is 140 cm³/mol. The fourth-order valence-electron chi connectivity index (χ4n) is 3.69. The molecule has 0 aliphatic carbocycles. The van der Waals surface area contributed by atoms with Gasteiger partial charge in [0.15, 0.2) is 0 Å². The minimum Gasteiger partial charge on any atom is -0.494 e. The molecule has 39 heavy (non-hydrogen) atoms. The van der Waals surface area contributed by atoms with E-state index in [9.17, 15) is 18.0 Å². The molecule has 0 saturated heterocycles. The van der Waals surface area contributed by atoms with Gasteiger partial charge in [0.05, 0.1) is 24.8 Å². The Bertz CT molecular complexity index is 1340. The molecule has 0 unspecified atom stereocenters. The van der Waals surface area contributed by atoms with Gasteiger partial charge >= 0.3 is 18.2 Å². The lowest BCUT2D eigenvalue weighted by atomic mass is 9.91. The highest BCUT2D eigenvalue weighted by Crippen LogP contribution is 2.27. The number of ether oxygens (including phenoxy) is 1. The van der Waals surface area contributed by atoms with E-state index in [4.69, 9.17) is 14.6 Å². The Kier molecular flexibility index (Phi) is 9.69. The van der Waals surface area contributed by atoms with Gasteiger partial charge in [-0.15, -0.1) is 0 Å². The van der Waals surface area contributed by atoms with Crippen LogP contribution in [0.1, 0.15) is 22.7 Å². The molecule has 3 aromatic carbocycles. The molecule has 11 heteroatoms. The lowest BCUT2D eigenvalue weighted by Crippen LogP contribution is -2.32. The number of benzene rings is 3. The molecular formula is C28H27F3N4O4. The molecule has 0 bridgehead atoms. The maximum absolute atomic E-state index is 12.7. The average molecular weight is 541 g/mol. The van der Waals surface area contributed by atoms with Crippen molar-refractivity contribution < 1.29 is 32.6 Å². The van der Waals surface area contributed by atoms with Crippen molar-refractivity contribution in [3.8, 4) is 11.4 Å². The van der Waals surface area contributed by atoms with Gasteiger partial charge < -0.3 is 25.0 Å². The van der Waals surface area contributed by atoms with E-state index in [-0.39, 0.29) is 11.9 Å². The number of rotatable bonds is 7. The number of imidazole rings is 1. The number of amides is 2. The van der Waals surface area contributed by atoms with Crippen molar-refractivity contribution >= 4 is 17.7 Å². The molecule has 204 valence electrons. The fourth-order valence-corrected chi connectivity index (χ4v) is 3.69. The first-order chi connectivity index (χ1) is 18.6. The van der Waals surface area contributed by atoms with Crippen LogP contribution >= 0.6 is 0 Å². The zero-order valence-electron chi connectivity index (χ0n) is 21.1. The van der Waals surface area contributed by atoms with Gasteiger partial charge in [0.25, 0.3) is 0 Å². The van der Waals surface area contributed by atoms with E-state index in [0.717, 1.165) is 22.5 Å². The Balaban J connectivity index is 0.000000532. The second-order valence-corrected chi connectivity index (χ2v) is 8.32. The summed E-state index contributed by atoms with van der Waals surface area (Å²) in [5.41, 5.74) is 4.73. The Labute approximate surface area is 223 Å². The second kappa shape index (κ2) is 13.1. The van der Waals surface area contributed by atoms with Crippen LogP contribution in [0.15, 0.2) is 91.4 Å². The molecular weight excluding hydrogens is 513 g/mol. The van der Waals surface area contributed by atoms with Gasteiger partial charge in [-0.05, 0) is 30.2 Å². The van der Waals surface area contributed by atoms with Crippen LogP contribution in [0.5, 0.6) is 5.75 Å². The molecule has 2 amide bonds. The summed E-state index contributed by atoms with van der Waals surface area (Å²) in [7, 11) is 1.61. The Morgan fingerprint density at radius 2 is 1.56 bits per heavy atom. The number of carboxylic acids is 1. The molecule has 8 nitrogen and oxygen atoms in total. The van der Waals surface area contributed by atoms with E-state index in [2.05, 4.69) is 39.9 Å². The maximum Gasteiger partial charge on any atom is 0.490 e. The summed E-state index contributed by atoms with van der Waals surface area (Å²) in [5, 5.41) is 13.0. The van der Waals surface area contributed by atoms with E-state index < -0.39 is 12.1 Å². The Hall–Kier alpha value is -4.80. The highest BCUT2D eigenvalue weighted by atomic mass is 19.4. The number of anilines is 1. The highest BCUT2D eigenvalue weighted by Gasteiger charge is 2.38. The van der Waals surface area contributed by atoms with E-state index in [1.807, 2.05) is 66.2 Å². The third kappa shape index (κ3) is 8.35. The van der Waals surface area contributed by atoms with Crippen LogP contribution in [0, 0.1) is 6.92 Å². The number of urea groups is 1. The molecule has 1 aromatic heterocycles. The second-order valence-electron chi connectivity index (χ2n) is 8.32. The standard InChI is InChI=1S/C26H26N4O2.C2HF3O2/c1-19-17-30(18-28-19)24-14-13-22(15-25(24)32-2)29-26(31)27-16-23(20-9-5-3-6-10-20)21-11-7-4-8-12-21;3-2(4,5)1(6)7/h3-15,17-18,23H,16H2,1-2H3,(H2,27,29,31);(H,6,7). The largest absolute Gasteiger partial charge is 0.494 e. The molecule has 0 fully saturated rings. The molecule has 3 N–H and O–H groups in total. The first kappa shape index (κ1) is 28.8. The van der Waals surface area contributed by atoms with Gasteiger partial charge in [-0.2, -0.15) is 13.2 Å². The number of methoxy groups -OCH3 is 1. The van der Waals surface area contributed by atoms with Gasteiger partial charge in [-0.3, -0.25) is 0 Å². The number of carbonyl (C=O) groups is 2. The molecule has 0 aliphatic heterocycles. The average Bonchev–Trinajstić information content (AvgIpc) is 3.35. The Morgan fingerprint density at radius 3 is 2.03 bits per heavy atom. The summed E-state index contributed by atoms with van der Waals surface area (Å²) in [5.74, 6) is -2.05. The molecule has 1 heterocycles. The zero-order valence-corrected chi connectivity index (χ0v) is 21.1. The van der Waals surface area contributed by atoms with E-state index in [1.165, 1.54) is 0 Å². The fraction of sp³-hybridized carbons (Fsp3) is 0.179. The molecule has 0 aliphatic rings. The van der Waals surface area contributed by atoms with Crippen LogP contribution in [0.3, 0.4) is 0 Å². The molecule has 0 saturated carbocycles. The maximum atomic E-state index is 12.7. The number of halogens is 3. The number of alkyl halides is 3. The molecule has 0 spiro atoms. The highest BCUT2D eigenvalue weighted by molar-refractivity contribution is 5.89. The normalized spacial score (nSPS) is 10.8. The minimum absolute atomic E-state index is 0.0598.